The molecule has 0 fully saturated rings. The Morgan fingerprint density at radius 1 is 1.38 bits per heavy atom. The molecular weight excluding hydrogens is 342 g/mol. The molecule has 1 aromatic rings. The number of methoxy groups -OCH3 is 1. The topological polar surface area (TPSA) is 40.6 Å². The second-order valence-corrected chi connectivity index (χ2v) is 4.88. The highest BCUT2D eigenvalue weighted by molar-refractivity contribution is 9.12. The fraction of sp³-hybridized carbons (Fsp3) is 0.500. The standard InChI is InChI=1S/C10H13Br2NO3/c1-14-7-16-10-5-13-3-2-9(10)15-6-8(12)4-11/h2-3,5,8H,4,6-7H2,1H3. The van der Waals surface area contributed by atoms with E-state index in [1.165, 1.54) is 0 Å². The van der Waals surface area contributed by atoms with Gasteiger partial charge in [0, 0.05) is 24.7 Å². The van der Waals surface area contributed by atoms with Crippen LogP contribution in [0.5, 0.6) is 11.5 Å². The minimum Gasteiger partial charge on any atom is -0.488 e. The van der Waals surface area contributed by atoms with E-state index in [9.17, 15) is 0 Å². The molecule has 1 atom stereocenters. The molecular formula is C10H13Br2NO3. The van der Waals surface area contributed by atoms with Gasteiger partial charge in [0.05, 0.1) is 11.0 Å². The molecule has 0 radical (unpaired) electrons. The van der Waals surface area contributed by atoms with E-state index in [0.29, 0.717) is 18.1 Å². The second kappa shape index (κ2) is 7.86. The Morgan fingerprint density at radius 2 is 2.19 bits per heavy atom. The second-order valence-electron chi connectivity index (χ2n) is 2.94. The predicted octanol–water partition coefficient (Wildman–Crippen LogP) is 2.60. The maximum atomic E-state index is 5.59. The molecule has 0 saturated heterocycles. The van der Waals surface area contributed by atoms with E-state index in [1.807, 2.05) is 0 Å². The zero-order valence-corrected chi connectivity index (χ0v) is 12.0. The Bertz CT molecular complexity index is 312. The first-order chi connectivity index (χ1) is 7.77. The van der Waals surface area contributed by atoms with Crippen molar-refractivity contribution in [2.75, 3.05) is 25.8 Å². The molecule has 0 aromatic carbocycles. The van der Waals surface area contributed by atoms with Crippen molar-refractivity contribution < 1.29 is 14.2 Å². The molecule has 0 N–H and O–H groups in total. The summed E-state index contributed by atoms with van der Waals surface area (Å²) in [6.07, 6.45) is 3.26. The first kappa shape index (κ1) is 13.7. The van der Waals surface area contributed by atoms with E-state index in [4.69, 9.17) is 14.2 Å². The summed E-state index contributed by atoms with van der Waals surface area (Å²) in [4.78, 5) is 4.22. The number of ether oxygens (including phenoxy) is 3. The average molecular weight is 355 g/mol. The first-order valence-corrected chi connectivity index (χ1v) is 6.70. The summed E-state index contributed by atoms with van der Waals surface area (Å²) in [5.74, 6) is 1.25. The number of alkyl halides is 2. The third-order valence-corrected chi connectivity index (χ3v) is 3.90. The van der Waals surface area contributed by atoms with Crippen LogP contribution < -0.4 is 9.47 Å². The summed E-state index contributed by atoms with van der Waals surface area (Å²) in [7, 11) is 1.57. The number of halogens is 2. The van der Waals surface area contributed by atoms with Crippen LogP contribution in [0.1, 0.15) is 0 Å². The fourth-order valence-electron chi connectivity index (χ4n) is 0.942. The Hall–Kier alpha value is -0.330. The summed E-state index contributed by atoms with van der Waals surface area (Å²) < 4.78 is 15.7. The minimum atomic E-state index is 0.179. The van der Waals surface area contributed by atoms with Gasteiger partial charge in [0.15, 0.2) is 18.3 Å². The summed E-state index contributed by atoms with van der Waals surface area (Å²) in [6.45, 7) is 0.733. The molecule has 0 amide bonds. The van der Waals surface area contributed by atoms with Gasteiger partial charge in [-0.3, -0.25) is 4.98 Å². The molecule has 0 bridgehead atoms. The summed E-state index contributed by atoms with van der Waals surface area (Å²) >= 11 is 6.82. The predicted molar refractivity (Wildman–Crippen MR) is 68.7 cm³/mol. The Kier molecular flexibility index (Phi) is 6.75. The molecule has 4 nitrogen and oxygen atoms in total. The van der Waals surface area contributed by atoms with Gasteiger partial charge in [0.1, 0.15) is 6.61 Å². The lowest BCUT2D eigenvalue weighted by Gasteiger charge is -2.12. The van der Waals surface area contributed by atoms with Crippen molar-refractivity contribution in [2.24, 2.45) is 0 Å². The summed E-state index contributed by atoms with van der Waals surface area (Å²) in [5.41, 5.74) is 0. The summed E-state index contributed by atoms with van der Waals surface area (Å²) in [6, 6.07) is 1.76. The molecule has 90 valence electrons. The average Bonchev–Trinajstić information content (AvgIpc) is 2.34. The van der Waals surface area contributed by atoms with Gasteiger partial charge >= 0.3 is 0 Å². The van der Waals surface area contributed by atoms with E-state index in [1.54, 1.807) is 25.6 Å². The normalized spacial score (nSPS) is 12.2. The molecule has 0 aliphatic heterocycles. The highest BCUT2D eigenvalue weighted by Gasteiger charge is 2.07. The number of hydrogen-bond donors (Lipinski definition) is 0. The number of aromatic nitrogens is 1. The maximum Gasteiger partial charge on any atom is 0.189 e. The van der Waals surface area contributed by atoms with Gasteiger partial charge in [-0.05, 0) is 0 Å². The SMILES string of the molecule is COCOc1cnccc1OCC(Br)CBr. The third-order valence-electron chi connectivity index (χ3n) is 1.67. The van der Waals surface area contributed by atoms with E-state index < -0.39 is 0 Å². The van der Waals surface area contributed by atoms with Crippen molar-refractivity contribution in [1.29, 1.82) is 0 Å². The lowest BCUT2D eigenvalue weighted by atomic mass is 10.4. The van der Waals surface area contributed by atoms with E-state index in [0.717, 1.165) is 5.33 Å². The molecule has 6 heteroatoms. The largest absolute Gasteiger partial charge is 0.488 e. The fourth-order valence-corrected chi connectivity index (χ4v) is 1.26. The quantitative estimate of drug-likeness (QED) is 0.557. The van der Waals surface area contributed by atoms with E-state index in [2.05, 4.69) is 36.8 Å². The zero-order valence-electron chi connectivity index (χ0n) is 8.86. The van der Waals surface area contributed by atoms with Gasteiger partial charge in [0.25, 0.3) is 0 Å². The van der Waals surface area contributed by atoms with Crippen molar-refractivity contribution in [3.05, 3.63) is 18.5 Å². The van der Waals surface area contributed by atoms with Gasteiger partial charge in [-0.1, -0.05) is 31.9 Å². The Labute approximate surface area is 112 Å². The van der Waals surface area contributed by atoms with Crippen LogP contribution in [0.4, 0.5) is 0 Å². The van der Waals surface area contributed by atoms with Crippen molar-refractivity contribution in [3.63, 3.8) is 0 Å². The smallest absolute Gasteiger partial charge is 0.189 e. The summed E-state index contributed by atoms with van der Waals surface area (Å²) in [5, 5.41) is 0.826. The van der Waals surface area contributed by atoms with Crippen LogP contribution in [0.3, 0.4) is 0 Å². The lowest BCUT2D eigenvalue weighted by Crippen LogP contribution is -2.13. The van der Waals surface area contributed by atoms with Gasteiger partial charge in [0.2, 0.25) is 0 Å². The monoisotopic (exact) mass is 353 g/mol. The van der Waals surface area contributed by atoms with Crippen LogP contribution >= 0.6 is 31.9 Å². The third kappa shape index (κ3) is 4.67. The van der Waals surface area contributed by atoms with Crippen molar-refractivity contribution >= 4 is 31.9 Å². The molecule has 0 aliphatic rings. The van der Waals surface area contributed by atoms with Gasteiger partial charge in [-0.2, -0.15) is 0 Å². The van der Waals surface area contributed by atoms with Crippen molar-refractivity contribution in [2.45, 2.75) is 4.83 Å². The molecule has 1 unspecified atom stereocenters. The molecule has 1 rings (SSSR count). The van der Waals surface area contributed by atoms with Crippen LogP contribution in [0.25, 0.3) is 0 Å². The first-order valence-electron chi connectivity index (χ1n) is 4.66. The zero-order chi connectivity index (χ0) is 11.8. The lowest BCUT2D eigenvalue weighted by molar-refractivity contribution is 0.0483. The van der Waals surface area contributed by atoms with E-state index >= 15 is 0 Å². The van der Waals surface area contributed by atoms with Crippen molar-refractivity contribution in [1.82, 2.24) is 4.98 Å². The van der Waals surface area contributed by atoms with Gasteiger partial charge in [-0.25, -0.2) is 0 Å². The molecule has 0 saturated carbocycles. The molecule has 1 aromatic heterocycles. The molecule has 0 spiro atoms. The van der Waals surface area contributed by atoms with Crippen LogP contribution in [0, 0.1) is 0 Å². The van der Waals surface area contributed by atoms with Crippen LogP contribution in [-0.4, -0.2) is 35.7 Å². The van der Waals surface area contributed by atoms with Gasteiger partial charge in [-0.15, -0.1) is 0 Å². The van der Waals surface area contributed by atoms with E-state index in [-0.39, 0.29) is 11.6 Å². The Balaban J connectivity index is 2.56. The highest BCUT2D eigenvalue weighted by Crippen LogP contribution is 2.25. The maximum absolute atomic E-state index is 5.59. The Morgan fingerprint density at radius 3 is 2.88 bits per heavy atom. The number of nitrogens with zero attached hydrogens (tertiary/aromatic N) is 1. The van der Waals surface area contributed by atoms with Crippen molar-refractivity contribution in [3.8, 4) is 11.5 Å². The molecule has 16 heavy (non-hydrogen) atoms. The molecule has 1 heterocycles. The minimum absolute atomic E-state index is 0.179. The van der Waals surface area contributed by atoms with Crippen LogP contribution in [0.15, 0.2) is 18.5 Å². The number of rotatable bonds is 7. The van der Waals surface area contributed by atoms with Gasteiger partial charge < -0.3 is 14.2 Å². The number of pyridine rings is 1. The molecule has 0 aliphatic carbocycles. The van der Waals surface area contributed by atoms with Crippen LogP contribution in [0.2, 0.25) is 0 Å². The van der Waals surface area contributed by atoms with Crippen LogP contribution in [-0.2, 0) is 4.74 Å². The highest BCUT2D eigenvalue weighted by atomic mass is 79.9. The number of hydrogen-bond acceptors (Lipinski definition) is 4.